The summed E-state index contributed by atoms with van der Waals surface area (Å²) in [5, 5.41) is 1.07. The van der Waals surface area contributed by atoms with Gasteiger partial charge in [0.1, 0.15) is 0 Å². The van der Waals surface area contributed by atoms with Crippen molar-refractivity contribution < 1.29 is 9.53 Å². The van der Waals surface area contributed by atoms with Crippen molar-refractivity contribution in [3.8, 4) is 0 Å². The maximum absolute atomic E-state index is 11.7. The molecular weight excluding hydrogens is 270 g/mol. The second-order valence-electron chi connectivity index (χ2n) is 5.16. The van der Waals surface area contributed by atoms with Gasteiger partial charge in [-0.3, -0.25) is 0 Å². The van der Waals surface area contributed by atoms with E-state index in [9.17, 15) is 4.79 Å². The van der Waals surface area contributed by atoms with E-state index in [4.69, 9.17) is 4.74 Å². The molecule has 1 unspecified atom stereocenters. The van der Waals surface area contributed by atoms with Gasteiger partial charge in [0.05, 0.1) is 12.1 Å². The van der Waals surface area contributed by atoms with Crippen LogP contribution in [-0.4, -0.2) is 18.1 Å². The fourth-order valence-corrected chi connectivity index (χ4v) is 3.83. The van der Waals surface area contributed by atoms with E-state index >= 15 is 0 Å². The zero-order chi connectivity index (χ0) is 14.1. The number of hydrogen-bond acceptors (Lipinski definition) is 4. The first-order valence-electron chi connectivity index (χ1n) is 6.81. The molecule has 1 aliphatic rings. The Morgan fingerprint density at radius 1 is 1.35 bits per heavy atom. The number of benzene rings is 1. The lowest BCUT2D eigenvalue weighted by Crippen LogP contribution is -2.13. The molecule has 1 heterocycles. The lowest BCUT2D eigenvalue weighted by atomic mass is 9.84. The maximum atomic E-state index is 11.7. The fraction of sp³-hybridized carbons (Fsp3) is 0.375. The number of thiazole rings is 1. The van der Waals surface area contributed by atoms with Gasteiger partial charge in [0.25, 0.3) is 0 Å². The monoisotopic (exact) mass is 287 g/mol. The molecule has 1 aliphatic carbocycles. The Labute approximate surface area is 122 Å². The van der Waals surface area contributed by atoms with Gasteiger partial charge in [-0.15, -0.1) is 11.3 Å². The third-order valence-electron chi connectivity index (χ3n) is 3.89. The standard InChI is InChI=1S/C16H17NO2S/c1-10-14(16(18)19-2)17-15(20-10)13-8-7-11-5-3-4-6-12(11)9-13/h3-6,13H,7-9H2,1-2H3. The smallest absolute Gasteiger partial charge is 0.357 e. The number of hydrogen-bond donors (Lipinski definition) is 0. The van der Waals surface area contributed by atoms with Crippen LogP contribution in [0.3, 0.4) is 0 Å². The maximum Gasteiger partial charge on any atom is 0.357 e. The minimum absolute atomic E-state index is 0.332. The molecule has 0 saturated heterocycles. The molecule has 0 spiro atoms. The first kappa shape index (κ1) is 13.3. The zero-order valence-corrected chi connectivity index (χ0v) is 12.5. The highest BCUT2D eigenvalue weighted by molar-refractivity contribution is 7.12. The van der Waals surface area contributed by atoms with Gasteiger partial charge in [-0.2, -0.15) is 0 Å². The number of carbonyl (C=O) groups excluding carboxylic acids is 1. The minimum atomic E-state index is -0.332. The molecule has 0 saturated carbocycles. The van der Waals surface area contributed by atoms with Gasteiger partial charge in [0, 0.05) is 10.8 Å². The molecular formula is C16H17NO2S. The van der Waals surface area contributed by atoms with Crippen LogP contribution in [-0.2, 0) is 17.6 Å². The third-order valence-corrected chi connectivity index (χ3v) is 5.02. The fourth-order valence-electron chi connectivity index (χ4n) is 2.79. The number of esters is 1. The Balaban J connectivity index is 1.87. The summed E-state index contributed by atoms with van der Waals surface area (Å²) in [6.45, 7) is 1.93. The Kier molecular flexibility index (Phi) is 3.57. The average Bonchev–Trinajstić information content (AvgIpc) is 2.88. The molecule has 3 nitrogen and oxygen atoms in total. The van der Waals surface area contributed by atoms with E-state index in [-0.39, 0.29) is 5.97 Å². The summed E-state index contributed by atoms with van der Waals surface area (Å²) in [6.07, 6.45) is 3.21. The van der Waals surface area contributed by atoms with E-state index in [2.05, 4.69) is 29.2 Å². The van der Waals surface area contributed by atoms with Gasteiger partial charge in [-0.25, -0.2) is 9.78 Å². The molecule has 0 fully saturated rings. The van der Waals surface area contributed by atoms with Gasteiger partial charge >= 0.3 is 5.97 Å². The number of ether oxygens (including phenoxy) is 1. The van der Waals surface area contributed by atoms with Gasteiger partial charge in [-0.05, 0) is 37.3 Å². The topological polar surface area (TPSA) is 39.2 Å². The Bertz CT molecular complexity index is 648. The second-order valence-corrected chi connectivity index (χ2v) is 6.39. The largest absolute Gasteiger partial charge is 0.464 e. The van der Waals surface area contributed by atoms with Crippen LogP contribution >= 0.6 is 11.3 Å². The lowest BCUT2D eigenvalue weighted by molar-refractivity contribution is 0.0594. The highest BCUT2D eigenvalue weighted by Crippen LogP contribution is 2.35. The molecule has 20 heavy (non-hydrogen) atoms. The normalized spacial score (nSPS) is 17.6. The number of aromatic nitrogens is 1. The molecule has 1 aromatic heterocycles. The summed E-state index contributed by atoms with van der Waals surface area (Å²) in [7, 11) is 1.40. The van der Waals surface area contributed by atoms with Crippen LogP contribution in [0.15, 0.2) is 24.3 Å². The van der Waals surface area contributed by atoms with Crippen LogP contribution < -0.4 is 0 Å². The van der Waals surface area contributed by atoms with Crippen molar-refractivity contribution >= 4 is 17.3 Å². The van der Waals surface area contributed by atoms with Crippen LogP contribution in [0.5, 0.6) is 0 Å². The molecule has 1 aromatic carbocycles. The van der Waals surface area contributed by atoms with Crippen molar-refractivity contribution in [1.82, 2.24) is 4.98 Å². The zero-order valence-electron chi connectivity index (χ0n) is 11.7. The molecule has 0 N–H and O–H groups in total. The quantitative estimate of drug-likeness (QED) is 0.793. The van der Waals surface area contributed by atoms with E-state index < -0.39 is 0 Å². The highest BCUT2D eigenvalue weighted by Gasteiger charge is 2.25. The average molecular weight is 287 g/mol. The van der Waals surface area contributed by atoms with Crippen molar-refractivity contribution in [2.45, 2.75) is 32.1 Å². The van der Waals surface area contributed by atoms with Crippen molar-refractivity contribution in [3.05, 3.63) is 51.0 Å². The number of methoxy groups -OCH3 is 1. The van der Waals surface area contributed by atoms with E-state index in [1.807, 2.05) is 6.92 Å². The molecule has 1 atom stereocenters. The first-order valence-corrected chi connectivity index (χ1v) is 7.63. The molecule has 0 bridgehead atoms. The molecule has 0 aliphatic heterocycles. The second kappa shape index (κ2) is 5.37. The summed E-state index contributed by atoms with van der Waals surface area (Å²) in [6, 6.07) is 8.60. The Hall–Kier alpha value is -1.68. The predicted octanol–water partition coefficient (Wildman–Crippen LogP) is 3.51. The number of carbonyl (C=O) groups is 1. The number of fused-ring (bicyclic) bond motifs is 1. The van der Waals surface area contributed by atoms with Crippen LogP contribution in [0.25, 0.3) is 0 Å². The Morgan fingerprint density at radius 3 is 2.85 bits per heavy atom. The van der Waals surface area contributed by atoms with Crippen LogP contribution in [0.2, 0.25) is 0 Å². The number of nitrogens with zero attached hydrogens (tertiary/aromatic N) is 1. The van der Waals surface area contributed by atoms with Gasteiger partial charge in [-0.1, -0.05) is 24.3 Å². The lowest BCUT2D eigenvalue weighted by Gasteiger charge is -2.22. The van der Waals surface area contributed by atoms with E-state index in [0.717, 1.165) is 29.1 Å². The van der Waals surface area contributed by atoms with Crippen molar-refractivity contribution in [2.75, 3.05) is 7.11 Å². The first-order chi connectivity index (χ1) is 9.69. The summed E-state index contributed by atoms with van der Waals surface area (Å²) in [5.41, 5.74) is 3.34. The summed E-state index contributed by atoms with van der Waals surface area (Å²) < 4.78 is 4.78. The van der Waals surface area contributed by atoms with E-state index in [0.29, 0.717) is 11.6 Å². The molecule has 104 valence electrons. The SMILES string of the molecule is COC(=O)c1nc(C2CCc3ccccc3C2)sc1C. The highest BCUT2D eigenvalue weighted by atomic mass is 32.1. The van der Waals surface area contributed by atoms with Gasteiger partial charge < -0.3 is 4.74 Å². The molecule has 4 heteroatoms. The molecule has 0 amide bonds. The van der Waals surface area contributed by atoms with Gasteiger partial charge in [0.15, 0.2) is 5.69 Å². The molecule has 0 radical (unpaired) electrons. The van der Waals surface area contributed by atoms with Crippen molar-refractivity contribution in [1.29, 1.82) is 0 Å². The van der Waals surface area contributed by atoms with E-state index in [1.165, 1.54) is 18.2 Å². The predicted molar refractivity (Wildman–Crippen MR) is 79.4 cm³/mol. The summed E-state index contributed by atoms with van der Waals surface area (Å²) in [4.78, 5) is 17.1. The Morgan fingerprint density at radius 2 is 2.10 bits per heavy atom. The van der Waals surface area contributed by atoms with Crippen LogP contribution in [0.1, 0.15) is 43.8 Å². The minimum Gasteiger partial charge on any atom is -0.464 e. The van der Waals surface area contributed by atoms with Gasteiger partial charge in [0.2, 0.25) is 0 Å². The van der Waals surface area contributed by atoms with Crippen molar-refractivity contribution in [2.24, 2.45) is 0 Å². The number of rotatable bonds is 2. The summed E-state index contributed by atoms with van der Waals surface area (Å²) in [5.74, 6) is 0.0909. The summed E-state index contributed by atoms with van der Waals surface area (Å²) >= 11 is 1.63. The van der Waals surface area contributed by atoms with Crippen molar-refractivity contribution in [3.63, 3.8) is 0 Å². The van der Waals surface area contributed by atoms with Crippen LogP contribution in [0.4, 0.5) is 0 Å². The van der Waals surface area contributed by atoms with Crippen LogP contribution in [0, 0.1) is 6.92 Å². The third kappa shape index (κ3) is 2.36. The number of aryl methyl sites for hydroxylation is 2. The molecule has 2 aromatic rings. The van der Waals surface area contributed by atoms with E-state index in [1.54, 1.807) is 11.3 Å². The molecule has 3 rings (SSSR count).